The Hall–Kier alpha value is -3.15. The predicted molar refractivity (Wildman–Crippen MR) is 102 cm³/mol. The van der Waals surface area contributed by atoms with Crippen molar-refractivity contribution in [1.82, 2.24) is 19.9 Å². The predicted octanol–water partition coefficient (Wildman–Crippen LogP) is 3.64. The fourth-order valence-corrected chi connectivity index (χ4v) is 3.50. The molecule has 2 aromatic carbocycles. The number of ether oxygens (including phenoxy) is 1. The lowest BCUT2D eigenvalue weighted by Gasteiger charge is -2.24. The van der Waals surface area contributed by atoms with Crippen molar-refractivity contribution < 1.29 is 9.53 Å². The number of para-hydroxylation sites is 1. The second kappa shape index (κ2) is 7.61. The topological polar surface area (TPSA) is 60.2 Å². The van der Waals surface area contributed by atoms with E-state index in [4.69, 9.17) is 4.74 Å². The van der Waals surface area contributed by atoms with Crippen LogP contribution < -0.4 is 4.74 Å². The van der Waals surface area contributed by atoms with Gasteiger partial charge in [-0.3, -0.25) is 4.79 Å². The fraction of sp³-hybridized carbons (Fsp3) is 0.286. The molecule has 2 heterocycles. The van der Waals surface area contributed by atoms with E-state index >= 15 is 0 Å². The largest absolute Gasteiger partial charge is 0.494 e. The maximum Gasteiger partial charge on any atom is 0.276 e. The summed E-state index contributed by atoms with van der Waals surface area (Å²) in [7, 11) is 0. The van der Waals surface area contributed by atoms with Crippen LogP contribution in [0.25, 0.3) is 5.69 Å². The molecule has 1 fully saturated rings. The summed E-state index contributed by atoms with van der Waals surface area (Å²) in [6.07, 6.45) is 3.48. The number of nitrogens with zero attached hydrogens (tertiary/aromatic N) is 4. The van der Waals surface area contributed by atoms with Gasteiger partial charge in [0, 0.05) is 6.54 Å². The molecule has 1 saturated heterocycles. The summed E-state index contributed by atoms with van der Waals surface area (Å²) < 4.78 is 5.51. The van der Waals surface area contributed by atoms with E-state index in [1.165, 1.54) is 4.80 Å². The monoisotopic (exact) mass is 362 g/mol. The zero-order valence-corrected chi connectivity index (χ0v) is 15.3. The van der Waals surface area contributed by atoms with Crippen molar-refractivity contribution in [1.29, 1.82) is 0 Å². The number of benzene rings is 2. The van der Waals surface area contributed by atoms with E-state index in [2.05, 4.69) is 10.2 Å². The van der Waals surface area contributed by atoms with Crippen LogP contribution in [0.4, 0.5) is 0 Å². The number of amides is 1. The average Bonchev–Trinajstić information content (AvgIpc) is 3.39. The van der Waals surface area contributed by atoms with Gasteiger partial charge in [-0.15, -0.1) is 5.10 Å². The fourth-order valence-electron chi connectivity index (χ4n) is 3.50. The van der Waals surface area contributed by atoms with Crippen LogP contribution in [-0.2, 0) is 0 Å². The number of likely N-dealkylation sites (tertiary alicyclic amines) is 1. The molecule has 0 N–H and O–H groups in total. The van der Waals surface area contributed by atoms with Gasteiger partial charge in [-0.05, 0) is 49.6 Å². The summed E-state index contributed by atoms with van der Waals surface area (Å²) in [6.45, 7) is 3.34. The van der Waals surface area contributed by atoms with Crippen LogP contribution in [0, 0.1) is 0 Å². The SMILES string of the molecule is CCOc1ccc(C2CCCN2C(=O)c2cnn(-c3ccccc3)n2)cc1. The molecule has 6 nitrogen and oxygen atoms in total. The first-order valence-corrected chi connectivity index (χ1v) is 9.28. The van der Waals surface area contributed by atoms with Gasteiger partial charge in [-0.25, -0.2) is 0 Å². The number of rotatable bonds is 5. The van der Waals surface area contributed by atoms with Gasteiger partial charge in [-0.1, -0.05) is 30.3 Å². The third kappa shape index (κ3) is 3.56. The Morgan fingerprint density at radius 1 is 1.15 bits per heavy atom. The minimum Gasteiger partial charge on any atom is -0.494 e. The lowest BCUT2D eigenvalue weighted by molar-refractivity contribution is 0.0729. The maximum atomic E-state index is 13.0. The Kier molecular flexibility index (Phi) is 4.87. The first-order valence-electron chi connectivity index (χ1n) is 9.28. The molecule has 0 bridgehead atoms. The van der Waals surface area contributed by atoms with Gasteiger partial charge >= 0.3 is 0 Å². The highest BCUT2D eigenvalue weighted by Gasteiger charge is 2.32. The molecule has 0 aliphatic carbocycles. The Labute approximate surface area is 158 Å². The van der Waals surface area contributed by atoms with Crippen molar-refractivity contribution in [3.8, 4) is 11.4 Å². The average molecular weight is 362 g/mol. The first kappa shape index (κ1) is 17.3. The third-order valence-corrected chi connectivity index (χ3v) is 4.79. The van der Waals surface area contributed by atoms with Gasteiger partial charge in [0.25, 0.3) is 5.91 Å². The molecule has 1 atom stereocenters. The Morgan fingerprint density at radius 3 is 2.67 bits per heavy atom. The van der Waals surface area contributed by atoms with Crippen LogP contribution in [0.5, 0.6) is 5.75 Å². The molecule has 138 valence electrons. The zero-order valence-electron chi connectivity index (χ0n) is 15.3. The second-order valence-electron chi connectivity index (χ2n) is 6.51. The van der Waals surface area contributed by atoms with Crippen molar-refractivity contribution in [3.63, 3.8) is 0 Å². The van der Waals surface area contributed by atoms with E-state index in [0.717, 1.165) is 36.4 Å². The molecule has 1 amide bonds. The normalized spacial score (nSPS) is 16.5. The lowest BCUT2D eigenvalue weighted by Crippen LogP contribution is -2.31. The van der Waals surface area contributed by atoms with Gasteiger partial charge in [0.2, 0.25) is 0 Å². The Bertz CT molecular complexity index is 905. The van der Waals surface area contributed by atoms with E-state index in [1.807, 2.05) is 66.4 Å². The minimum absolute atomic E-state index is 0.0649. The minimum atomic E-state index is -0.0754. The van der Waals surface area contributed by atoms with Crippen molar-refractivity contribution in [3.05, 3.63) is 72.1 Å². The van der Waals surface area contributed by atoms with Gasteiger partial charge in [-0.2, -0.15) is 9.90 Å². The molecule has 3 aromatic rings. The van der Waals surface area contributed by atoms with Gasteiger partial charge in [0.15, 0.2) is 5.69 Å². The third-order valence-electron chi connectivity index (χ3n) is 4.79. The van der Waals surface area contributed by atoms with Crippen LogP contribution in [0.2, 0.25) is 0 Å². The molecule has 6 heteroatoms. The molecule has 0 saturated carbocycles. The van der Waals surface area contributed by atoms with Gasteiger partial charge in [0.05, 0.1) is 24.5 Å². The summed E-state index contributed by atoms with van der Waals surface area (Å²) in [5.41, 5.74) is 2.33. The second-order valence-corrected chi connectivity index (χ2v) is 6.51. The molecule has 1 aromatic heterocycles. The Balaban J connectivity index is 1.53. The standard InChI is InChI=1S/C21H22N4O2/c1-2-27-18-12-10-16(11-13-18)20-9-6-14-24(20)21(26)19-15-22-25(23-19)17-7-4-3-5-8-17/h3-5,7-8,10-13,15,20H,2,6,9,14H2,1H3. The molecule has 0 spiro atoms. The molecule has 1 aliphatic rings. The molecule has 1 unspecified atom stereocenters. The first-order chi connectivity index (χ1) is 13.3. The highest BCUT2D eigenvalue weighted by atomic mass is 16.5. The maximum absolute atomic E-state index is 13.0. The number of aromatic nitrogens is 3. The van der Waals surface area contributed by atoms with E-state index in [-0.39, 0.29) is 11.9 Å². The molecule has 27 heavy (non-hydrogen) atoms. The van der Waals surface area contributed by atoms with Crippen molar-refractivity contribution in [2.45, 2.75) is 25.8 Å². The highest BCUT2D eigenvalue weighted by molar-refractivity contribution is 5.92. The number of hydrogen-bond acceptors (Lipinski definition) is 4. The van der Waals surface area contributed by atoms with E-state index in [9.17, 15) is 4.79 Å². The van der Waals surface area contributed by atoms with E-state index < -0.39 is 0 Å². The van der Waals surface area contributed by atoms with Crippen LogP contribution in [0.3, 0.4) is 0 Å². The summed E-state index contributed by atoms with van der Waals surface area (Å²) >= 11 is 0. The summed E-state index contributed by atoms with van der Waals surface area (Å²) in [4.78, 5) is 16.4. The molecular formula is C21H22N4O2. The number of hydrogen-bond donors (Lipinski definition) is 0. The van der Waals surface area contributed by atoms with E-state index in [1.54, 1.807) is 6.20 Å². The highest BCUT2D eigenvalue weighted by Crippen LogP contribution is 2.33. The molecule has 1 aliphatic heterocycles. The molecular weight excluding hydrogens is 340 g/mol. The van der Waals surface area contributed by atoms with Crippen LogP contribution in [-0.4, -0.2) is 39.0 Å². The number of carbonyl (C=O) groups is 1. The van der Waals surface area contributed by atoms with Gasteiger partial charge < -0.3 is 9.64 Å². The Morgan fingerprint density at radius 2 is 1.93 bits per heavy atom. The van der Waals surface area contributed by atoms with Crippen LogP contribution in [0.15, 0.2) is 60.8 Å². The van der Waals surface area contributed by atoms with Crippen LogP contribution >= 0.6 is 0 Å². The van der Waals surface area contributed by atoms with Crippen molar-refractivity contribution in [2.75, 3.05) is 13.2 Å². The van der Waals surface area contributed by atoms with Crippen molar-refractivity contribution >= 4 is 5.91 Å². The molecule has 0 radical (unpaired) electrons. The van der Waals surface area contributed by atoms with E-state index in [0.29, 0.717) is 12.3 Å². The van der Waals surface area contributed by atoms with Gasteiger partial charge in [0.1, 0.15) is 5.75 Å². The smallest absolute Gasteiger partial charge is 0.276 e. The zero-order chi connectivity index (χ0) is 18.6. The quantitative estimate of drug-likeness (QED) is 0.695. The summed E-state index contributed by atoms with van der Waals surface area (Å²) in [6, 6.07) is 17.7. The van der Waals surface area contributed by atoms with Crippen molar-refractivity contribution in [2.24, 2.45) is 0 Å². The van der Waals surface area contributed by atoms with Crippen LogP contribution in [0.1, 0.15) is 41.9 Å². The lowest BCUT2D eigenvalue weighted by atomic mass is 10.0. The summed E-state index contributed by atoms with van der Waals surface area (Å²) in [5.74, 6) is 0.775. The number of carbonyl (C=O) groups excluding carboxylic acids is 1. The summed E-state index contributed by atoms with van der Waals surface area (Å²) in [5, 5.41) is 8.64. The molecule has 4 rings (SSSR count).